The van der Waals surface area contributed by atoms with Gasteiger partial charge >= 0.3 is 0 Å². The summed E-state index contributed by atoms with van der Waals surface area (Å²) in [5.41, 5.74) is 0.857. The summed E-state index contributed by atoms with van der Waals surface area (Å²) in [4.78, 5) is 8.54. The Morgan fingerprint density at radius 2 is 2.57 bits per heavy atom. The molecule has 1 aliphatic rings. The van der Waals surface area contributed by atoms with Gasteiger partial charge in [-0.2, -0.15) is 11.8 Å². The van der Waals surface area contributed by atoms with Gasteiger partial charge in [0.25, 0.3) is 0 Å². The van der Waals surface area contributed by atoms with Gasteiger partial charge in [-0.05, 0) is 6.07 Å². The quantitative estimate of drug-likeness (QED) is 0.729. The largest absolute Gasteiger partial charge is 0.368 e. The Labute approximate surface area is 92.2 Å². The van der Waals surface area contributed by atoms with Crippen LogP contribution in [0.1, 0.15) is 17.6 Å². The molecule has 0 saturated carbocycles. The molecule has 0 aliphatic carbocycles. The summed E-state index contributed by atoms with van der Waals surface area (Å²) >= 11 is 7.57. The number of alkyl halides is 1. The average molecular weight is 231 g/mol. The van der Waals surface area contributed by atoms with Crippen LogP contribution in [0.4, 0.5) is 0 Å². The zero-order chi connectivity index (χ0) is 9.80. The van der Waals surface area contributed by atoms with Gasteiger partial charge in [0.05, 0.1) is 18.2 Å². The third-order valence-corrected chi connectivity index (χ3v) is 3.24. The summed E-state index contributed by atoms with van der Waals surface area (Å²) in [7, 11) is 0. The molecule has 0 aromatic carbocycles. The first-order valence-corrected chi connectivity index (χ1v) is 6.16. The average Bonchev–Trinajstić information content (AvgIpc) is 2.30. The number of thioether (sulfide) groups is 1. The van der Waals surface area contributed by atoms with E-state index in [1.807, 2.05) is 17.8 Å². The van der Waals surface area contributed by atoms with Crippen LogP contribution in [0.3, 0.4) is 0 Å². The number of nitrogens with zero attached hydrogens (tertiary/aromatic N) is 2. The van der Waals surface area contributed by atoms with Gasteiger partial charge in [0, 0.05) is 17.7 Å². The minimum Gasteiger partial charge on any atom is -0.368 e. The molecule has 1 aromatic rings. The third kappa shape index (κ3) is 2.38. The van der Waals surface area contributed by atoms with Crippen molar-refractivity contribution in [3.63, 3.8) is 0 Å². The highest BCUT2D eigenvalue weighted by Gasteiger charge is 2.18. The van der Waals surface area contributed by atoms with Crippen molar-refractivity contribution in [2.24, 2.45) is 0 Å². The molecule has 1 unspecified atom stereocenters. The van der Waals surface area contributed by atoms with E-state index in [0.717, 1.165) is 29.6 Å². The van der Waals surface area contributed by atoms with Gasteiger partial charge in [0.1, 0.15) is 6.10 Å². The van der Waals surface area contributed by atoms with Gasteiger partial charge in [0.2, 0.25) is 0 Å². The second-order valence-corrected chi connectivity index (χ2v) is 4.39. The van der Waals surface area contributed by atoms with Crippen LogP contribution >= 0.6 is 23.4 Å². The van der Waals surface area contributed by atoms with Gasteiger partial charge in [-0.15, -0.1) is 11.6 Å². The highest BCUT2D eigenvalue weighted by Crippen LogP contribution is 2.23. The van der Waals surface area contributed by atoms with E-state index in [0.29, 0.717) is 5.88 Å². The van der Waals surface area contributed by atoms with Gasteiger partial charge in [0.15, 0.2) is 5.82 Å². The first-order valence-electron chi connectivity index (χ1n) is 4.47. The fraction of sp³-hybridized carbons (Fsp3) is 0.556. The molecule has 3 nitrogen and oxygen atoms in total. The molecule has 2 rings (SSSR count). The number of halogens is 1. The van der Waals surface area contributed by atoms with Crippen molar-refractivity contribution in [1.82, 2.24) is 9.97 Å². The summed E-state index contributed by atoms with van der Waals surface area (Å²) in [5, 5.41) is 0. The minimum atomic E-state index is 0.0388. The van der Waals surface area contributed by atoms with E-state index in [1.165, 1.54) is 0 Å². The standard InChI is InChI=1S/C9H11ClN2OS/c10-5-7-1-2-11-9(12-7)8-6-14-4-3-13-8/h1-2,8H,3-6H2. The number of ether oxygens (including phenoxy) is 1. The highest BCUT2D eigenvalue weighted by atomic mass is 35.5. The number of hydrogen-bond acceptors (Lipinski definition) is 4. The maximum Gasteiger partial charge on any atom is 0.158 e. The topological polar surface area (TPSA) is 35.0 Å². The summed E-state index contributed by atoms with van der Waals surface area (Å²) in [6.45, 7) is 0.782. The monoisotopic (exact) mass is 230 g/mol. The van der Waals surface area contributed by atoms with Crippen LogP contribution < -0.4 is 0 Å². The predicted octanol–water partition coefficient (Wildman–Crippen LogP) is 2.02. The maximum atomic E-state index is 5.70. The van der Waals surface area contributed by atoms with Crippen LogP contribution in [0.2, 0.25) is 0 Å². The van der Waals surface area contributed by atoms with E-state index in [1.54, 1.807) is 6.20 Å². The molecule has 0 spiro atoms. The van der Waals surface area contributed by atoms with Crippen molar-refractivity contribution in [2.45, 2.75) is 12.0 Å². The lowest BCUT2D eigenvalue weighted by molar-refractivity contribution is 0.0693. The molecule has 0 bridgehead atoms. The van der Waals surface area contributed by atoms with Crippen molar-refractivity contribution >= 4 is 23.4 Å². The van der Waals surface area contributed by atoms with E-state index in [2.05, 4.69) is 9.97 Å². The summed E-state index contributed by atoms with van der Waals surface area (Å²) < 4.78 is 5.57. The molecule has 1 atom stereocenters. The molecule has 1 aliphatic heterocycles. The Bertz CT molecular complexity index is 305. The van der Waals surface area contributed by atoms with Crippen LogP contribution in [0.5, 0.6) is 0 Å². The summed E-state index contributed by atoms with van der Waals surface area (Å²) in [5.74, 6) is 3.18. The lowest BCUT2D eigenvalue weighted by atomic mass is 10.3. The Balaban J connectivity index is 2.13. The van der Waals surface area contributed by atoms with E-state index >= 15 is 0 Å². The molecule has 2 heterocycles. The molecular formula is C9H11ClN2OS. The van der Waals surface area contributed by atoms with Crippen molar-refractivity contribution in [2.75, 3.05) is 18.1 Å². The normalized spacial score (nSPS) is 22.2. The smallest absolute Gasteiger partial charge is 0.158 e. The van der Waals surface area contributed by atoms with E-state index in [-0.39, 0.29) is 6.10 Å². The summed E-state index contributed by atoms with van der Waals surface area (Å²) in [6.07, 6.45) is 1.78. The van der Waals surface area contributed by atoms with Gasteiger partial charge < -0.3 is 4.74 Å². The van der Waals surface area contributed by atoms with Crippen LogP contribution in [0.15, 0.2) is 12.3 Å². The highest BCUT2D eigenvalue weighted by molar-refractivity contribution is 7.99. The van der Waals surface area contributed by atoms with Crippen LogP contribution in [0, 0.1) is 0 Å². The molecular weight excluding hydrogens is 220 g/mol. The second kappa shape index (κ2) is 4.96. The number of rotatable bonds is 2. The maximum absolute atomic E-state index is 5.70. The molecule has 1 saturated heterocycles. The van der Waals surface area contributed by atoms with Crippen molar-refractivity contribution in [3.8, 4) is 0 Å². The lowest BCUT2D eigenvalue weighted by Gasteiger charge is -2.20. The fourth-order valence-electron chi connectivity index (χ4n) is 1.28. The van der Waals surface area contributed by atoms with Gasteiger partial charge in [-0.1, -0.05) is 0 Å². The Morgan fingerprint density at radius 1 is 1.64 bits per heavy atom. The third-order valence-electron chi connectivity index (χ3n) is 1.97. The fourth-order valence-corrected chi connectivity index (χ4v) is 2.27. The predicted molar refractivity (Wildman–Crippen MR) is 57.6 cm³/mol. The lowest BCUT2D eigenvalue weighted by Crippen LogP contribution is -2.18. The van der Waals surface area contributed by atoms with Gasteiger partial charge in [-0.25, -0.2) is 9.97 Å². The van der Waals surface area contributed by atoms with Gasteiger partial charge in [-0.3, -0.25) is 0 Å². The first-order chi connectivity index (χ1) is 6.90. The van der Waals surface area contributed by atoms with Crippen molar-refractivity contribution < 1.29 is 4.74 Å². The molecule has 1 aromatic heterocycles. The minimum absolute atomic E-state index is 0.0388. The van der Waals surface area contributed by atoms with Crippen LogP contribution in [-0.2, 0) is 10.6 Å². The molecule has 1 fully saturated rings. The summed E-state index contributed by atoms with van der Waals surface area (Å²) in [6, 6.07) is 1.83. The van der Waals surface area contributed by atoms with Crippen LogP contribution in [0.25, 0.3) is 0 Å². The van der Waals surface area contributed by atoms with Crippen LogP contribution in [-0.4, -0.2) is 28.1 Å². The molecule has 14 heavy (non-hydrogen) atoms. The molecule has 0 amide bonds. The van der Waals surface area contributed by atoms with Crippen molar-refractivity contribution in [3.05, 3.63) is 23.8 Å². The molecule has 0 N–H and O–H groups in total. The van der Waals surface area contributed by atoms with E-state index in [9.17, 15) is 0 Å². The molecule has 0 radical (unpaired) electrons. The molecule has 76 valence electrons. The van der Waals surface area contributed by atoms with E-state index < -0.39 is 0 Å². The second-order valence-electron chi connectivity index (χ2n) is 2.97. The zero-order valence-corrected chi connectivity index (χ0v) is 9.22. The number of aromatic nitrogens is 2. The first kappa shape index (κ1) is 10.2. The van der Waals surface area contributed by atoms with E-state index in [4.69, 9.17) is 16.3 Å². The van der Waals surface area contributed by atoms with Crippen molar-refractivity contribution in [1.29, 1.82) is 0 Å². The Morgan fingerprint density at radius 3 is 3.29 bits per heavy atom. The Kier molecular flexibility index (Phi) is 3.61. The SMILES string of the molecule is ClCc1ccnc(C2CSCCO2)n1. The zero-order valence-electron chi connectivity index (χ0n) is 7.65. The Hall–Kier alpha value is -0.320. The number of hydrogen-bond donors (Lipinski definition) is 0. The molecule has 5 heteroatoms.